The second-order valence-electron chi connectivity index (χ2n) is 30.3. The zero-order chi connectivity index (χ0) is 76.0. The summed E-state index contributed by atoms with van der Waals surface area (Å²) in [5.41, 5.74) is 0. The number of amides is 2. The van der Waals surface area contributed by atoms with Gasteiger partial charge in [-0.3, -0.25) is 9.59 Å². The standard InChI is InChI=1S/C81H150N2O21/c1-4-6-8-10-12-14-16-18-20-22-24-26-28-30-32-34-36-38-40-42-44-46-48-50-52-54-63(88)62(83-68(91)55-53-51-49-47-45-43-41-39-37-35-33-31-29-27-25-23-21-19-17-15-13-11-9-7-5-2)60-99-78-73(95)72(94)75(67(59-86)101-78)102-79-74(96)77(71(93)66(58-85)100-79)104-81(80(97)98)56-64(89)69(82-61(3)87)76(103-81)70(92)65(90)57-84/h25,27,31,33,62-67,69-79,84-86,88-90,92-96H,4-24,26,28-30,32,34-60H2,1-3H3,(H,82,87)(H,83,91)(H,97,98)/b27-25-,33-31-. The van der Waals surface area contributed by atoms with E-state index in [4.69, 9.17) is 28.4 Å². The summed E-state index contributed by atoms with van der Waals surface area (Å²) in [6.07, 6.45) is 37.4. The molecule has 0 radical (unpaired) electrons. The fourth-order valence-corrected chi connectivity index (χ4v) is 14.6. The fourth-order valence-electron chi connectivity index (χ4n) is 14.6. The monoisotopic (exact) mass is 1490 g/mol. The third kappa shape index (κ3) is 39.7. The van der Waals surface area contributed by atoms with E-state index in [1.54, 1.807) is 0 Å². The number of nitrogens with one attached hydrogen (secondary N) is 2. The summed E-state index contributed by atoms with van der Waals surface area (Å²) >= 11 is 0. The van der Waals surface area contributed by atoms with E-state index in [2.05, 4.69) is 48.8 Å². The molecule has 104 heavy (non-hydrogen) atoms. The number of allylic oxidation sites excluding steroid dienone is 4. The van der Waals surface area contributed by atoms with Crippen LogP contribution in [0.25, 0.3) is 0 Å². The maximum absolute atomic E-state index is 13.6. The highest BCUT2D eigenvalue weighted by molar-refractivity contribution is 5.77. The number of carbonyl (C=O) groups excluding carboxylic acids is 2. The number of hydrogen-bond acceptors (Lipinski definition) is 20. The Morgan fingerprint density at radius 2 is 0.923 bits per heavy atom. The molecule has 610 valence electrons. The van der Waals surface area contributed by atoms with Crippen molar-refractivity contribution >= 4 is 17.8 Å². The van der Waals surface area contributed by atoms with E-state index in [9.17, 15) is 75.7 Å². The smallest absolute Gasteiger partial charge is 0.364 e. The lowest BCUT2D eigenvalue weighted by atomic mass is 9.88. The summed E-state index contributed by atoms with van der Waals surface area (Å²) in [6.45, 7) is 2.26. The number of aliphatic carboxylic acids is 1. The number of ether oxygens (including phenoxy) is 6. The first-order valence-electron chi connectivity index (χ1n) is 41.7. The number of carboxylic acid groups (broad SMARTS) is 1. The van der Waals surface area contributed by atoms with Crippen LogP contribution in [-0.2, 0) is 42.8 Å². The highest BCUT2D eigenvalue weighted by atomic mass is 16.8. The Labute approximate surface area is 625 Å². The average Bonchev–Trinajstić information content (AvgIpc) is 0.756. The van der Waals surface area contributed by atoms with Crippen molar-refractivity contribution in [2.45, 2.75) is 445 Å². The molecule has 0 saturated carbocycles. The van der Waals surface area contributed by atoms with Gasteiger partial charge in [-0.05, 0) is 44.9 Å². The molecule has 3 heterocycles. The Morgan fingerprint density at radius 1 is 0.500 bits per heavy atom. The van der Waals surface area contributed by atoms with Gasteiger partial charge in [-0.25, -0.2) is 4.79 Å². The number of carboxylic acids is 1. The van der Waals surface area contributed by atoms with Gasteiger partial charge in [0.2, 0.25) is 11.8 Å². The SMILES string of the molecule is CCCCCCCCCCC/C=C\C/C=C\CCCCCCCCCCCC(=O)NC(COC1OC(CO)C(OC2OC(CO)C(O)C(OC3(C(=O)O)CC(O)C(NC(C)=O)C(C(O)C(O)CO)O3)C2O)C(O)C1O)C(O)CCCCCCCCCCCCCCCCCCCCCCCCCCC. The largest absolute Gasteiger partial charge is 0.477 e. The van der Waals surface area contributed by atoms with Crippen LogP contribution in [-0.4, -0.2) is 215 Å². The first kappa shape index (κ1) is 95.4. The van der Waals surface area contributed by atoms with E-state index in [0.29, 0.717) is 19.3 Å². The van der Waals surface area contributed by atoms with Gasteiger partial charge in [0.1, 0.15) is 67.1 Å². The lowest BCUT2D eigenvalue weighted by Crippen LogP contribution is -2.70. The van der Waals surface area contributed by atoms with Crippen LogP contribution in [0, 0.1) is 0 Å². The number of rotatable bonds is 66. The lowest BCUT2D eigenvalue weighted by molar-refractivity contribution is -0.386. The highest BCUT2D eigenvalue weighted by Gasteiger charge is 2.60. The maximum atomic E-state index is 13.6. The Hall–Kier alpha value is -2.79. The molecule has 0 aromatic rings. The molecule has 0 aliphatic carbocycles. The Bertz CT molecular complexity index is 2170. The molecule has 3 aliphatic rings. The number of aliphatic hydroxyl groups excluding tert-OH is 11. The van der Waals surface area contributed by atoms with Crippen LogP contribution in [0.3, 0.4) is 0 Å². The molecule has 18 unspecified atom stereocenters. The van der Waals surface area contributed by atoms with Crippen molar-refractivity contribution < 1.29 is 104 Å². The van der Waals surface area contributed by atoms with E-state index >= 15 is 0 Å². The van der Waals surface area contributed by atoms with E-state index < -0.39 is 148 Å². The van der Waals surface area contributed by atoms with E-state index in [-0.39, 0.29) is 18.9 Å². The predicted molar refractivity (Wildman–Crippen MR) is 403 cm³/mol. The van der Waals surface area contributed by atoms with Crippen molar-refractivity contribution in [3.8, 4) is 0 Å². The zero-order valence-electron chi connectivity index (χ0n) is 64.6. The molecule has 0 spiro atoms. The van der Waals surface area contributed by atoms with Crippen molar-refractivity contribution in [3.05, 3.63) is 24.3 Å². The number of unbranched alkanes of at least 4 members (excludes halogenated alkanes) is 42. The summed E-state index contributed by atoms with van der Waals surface area (Å²) in [5, 5.41) is 137. The Balaban J connectivity index is 1.51. The minimum atomic E-state index is -3.08. The Kier molecular flexibility index (Phi) is 55.0. The zero-order valence-corrected chi connectivity index (χ0v) is 64.6. The molecule has 23 nitrogen and oxygen atoms in total. The quantitative estimate of drug-likeness (QED) is 0.0199. The van der Waals surface area contributed by atoms with Gasteiger partial charge in [0.25, 0.3) is 5.79 Å². The average molecular weight is 1490 g/mol. The van der Waals surface area contributed by atoms with Gasteiger partial charge in [0.15, 0.2) is 12.6 Å². The fraction of sp³-hybridized carbons (Fsp3) is 0.914. The first-order chi connectivity index (χ1) is 50.4. The molecular weight excluding hydrogens is 1340 g/mol. The lowest BCUT2D eigenvalue weighted by Gasteiger charge is -2.50. The van der Waals surface area contributed by atoms with Crippen LogP contribution in [0.5, 0.6) is 0 Å². The molecule has 14 N–H and O–H groups in total. The molecule has 18 atom stereocenters. The van der Waals surface area contributed by atoms with Gasteiger partial charge >= 0.3 is 5.97 Å². The summed E-state index contributed by atoms with van der Waals surface area (Å²) < 4.78 is 35.0. The molecule has 0 aromatic heterocycles. The summed E-state index contributed by atoms with van der Waals surface area (Å²) in [5.74, 6) is -6.10. The van der Waals surface area contributed by atoms with Gasteiger partial charge in [-0.1, -0.05) is 295 Å². The minimum Gasteiger partial charge on any atom is -0.477 e. The molecule has 3 rings (SSSR count). The van der Waals surface area contributed by atoms with Gasteiger partial charge in [-0.15, -0.1) is 0 Å². The third-order valence-electron chi connectivity index (χ3n) is 21.2. The maximum Gasteiger partial charge on any atom is 0.364 e. The summed E-state index contributed by atoms with van der Waals surface area (Å²) in [6, 6.07) is -2.54. The first-order valence-corrected chi connectivity index (χ1v) is 41.7. The van der Waals surface area contributed by atoms with Crippen LogP contribution >= 0.6 is 0 Å². The van der Waals surface area contributed by atoms with Crippen LogP contribution in [0.4, 0.5) is 0 Å². The molecule has 0 bridgehead atoms. The summed E-state index contributed by atoms with van der Waals surface area (Å²) in [7, 11) is 0. The number of aliphatic hydroxyl groups is 11. The van der Waals surface area contributed by atoms with Crippen LogP contribution in [0.15, 0.2) is 24.3 Å². The van der Waals surface area contributed by atoms with Crippen molar-refractivity contribution in [1.82, 2.24) is 10.6 Å². The van der Waals surface area contributed by atoms with E-state index in [0.717, 1.165) is 71.1 Å². The van der Waals surface area contributed by atoms with Crippen molar-refractivity contribution in [2.75, 3.05) is 26.4 Å². The van der Waals surface area contributed by atoms with E-state index in [1.807, 2.05) is 0 Å². The van der Waals surface area contributed by atoms with Crippen molar-refractivity contribution in [3.63, 3.8) is 0 Å². The predicted octanol–water partition coefficient (Wildman–Crippen LogP) is 11.5. The third-order valence-corrected chi connectivity index (χ3v) is 21.2. The summed E-state index contributed by atoms with van der Waals surface area (Å²) in [4.78, 5) is 38.7. The topological polar surface area (TPSA) is 373 Å². The molecule has 2 amide bonds. The molecule has 0 aromatic carbocycles. The molecule has 3 saturated heterocycles. The number of hydrogen-bond donors (Lipinski definition) is 14. The van der Waals surface area contributed by atoms with Crippen LogP contribution in [0.1, 0.15) is 335 Å². The van der Waals surface area contributed by atoms with Gasteiger partial charge in [0.05, 0.1) is 50.7 Å². The molecule has 3 aliphatic heterocycles. The molecular formula is C81H150N2O21. The molecule has 3 fully saturated rings. The highest BCUT2D eigenvalue weighted by Crippen LogP contribution is 2.39. The second-order valence-corrected chi connectivity index (χ2v) is 30.3. The van der Waals surface area contributed by atoms with Crippen molar-refractivity contribution in [2.24, 2.45) is 0 Å². The number of carbonyl (C=O) groups is 3. The van der Waals surface area contributed by atoms with Gasteiger partial charge in [0, 0.05) is 19.8 Å². The van der Waals surface area contributed by atoms with Gasteiger partial charge < -0.3 is 100 Å². The van der Waals surface area contributed by atoms with Crippen LogP contribution < -0.4 is 10.6 Å². The van der Waals surface area contributed by atoms with Crippen LogP contribution in [0.2, 0.25) is 0 Å². The minimum absolute atomic E-state index is 0.219. The second kappa shape index (κ2) is 60.0. The van der Waals surface area contributed by atoms with Gasteiger partial charge in [-0.2, -0.15) is 0 Å². The van der Waals surface area contributed by atoms with E-state index in [1.165, 1.54) is 218 Å². The molecule has 23 heteroatoms. The Morgan fingerprint density at radius 3 is 1.35 bits per heavy atom. The van der Waals surface area contributed by atoms with Crippen molar-refractivity contribution in [1.29, 1.82) is 0 Å². The normalized spacial score (nSPS) is 26.5.